The first-order valence-corrected chi connectivity index (χ1v) is 6.62. The first kappa shape index (κ1) is 11.8. The molecule has 0 atom stereocenters. The first-order chi connectivity index (χ1) is 9.28. The second-order valence-electron chi connectivity index (χ2n) is 4.23. The molecule has 3 rings (SSSR count). The van der Waals surface area contributed by atoms with Crippen LogP contribution in [-0.4, -0.2) is 12.0 Å². The molecule has 2 heterocycles. The lowest BCUT2D eigenvalue weighted by atomic mass is 10.2. The minimum absolute atomic E-state index is 0.624. The maximum absolute atomic E-state index is 8.82. The zero-order chi connectivity index (χ0) is 13.2. The molecular formula is C14H11N3OS. The van der Waals surface area contributed by atoms with Gasteiger partial charge in [-0.15, -0.1) is 0 Å². The molecular weight excluding hydrogens is 258 g/mol. The van der Waals surface area contributed by atoms with E-state index in [4.69, 9.17) is 9.68 Å². The highest BCUT2D eigenvalue weighted by Gasteiger charge is 2.11. The van der Waals surface area contributed by atoms with Crippen molar-refractivity contribution >= 4 is 27.4 Å². The molecule has 0 fully saturated rings. The fraction of sp³-hybridized carbons (Fsp3) is 0.143. The normalized spacial score (nSPS) is 10.5. The Morgan fingerprint density at radius 1 is 1.42 bits per heavy atom. The van der Waals surface area contributed by atoms with Crippen LogP contribution in [0.3, 0.4) is 0 Å². The Morgan fingerprint density at radius 3 is 3.05 bits per heavy atom. The summed E-state index contributed by atoms with van der Waals surface area (Å²) in [5, 5.41) is 10.8. The summed E-state index contributed by atoms with van der Waals surface area (Å²) in [5.74, 6) is 0. The van der Waals surface area contributed by atoms with E-state index in [-0.39, 0.29) is 0 Å². The van der Waals surface area contributed by atoms with Gasteiger partial charge in [0.2, 0.25) is 0 Å². The van der Waals surface area contributed by atoms with Gasteiger partial charge in [-0.05, 0) is 6.07 Å². The summed E-state index contributed by atoms with van der Waals surface area (Å²) in [6.07, 6.45) is 3.38. The van der Waals surface area contributed by atoms with Crippen molar-refractivity contribution in [3.05, 3.63) is 47.2 Å². The van der Waals surface area contributed by atoms with E-state index in [0.29, 0.717) is 11.4 Å². The maximum Gasteiger partial charge on any atom is 0.186 e. The van der Waals surface area contributed by atoms with E-state index < -0.39 is 0 Å². The van der Waals surface area contributed by atoms with Gasteiger partial charge < -0.3 is 9.32 Å². The predicted octanol–water partition coefficient (Wildman–Crippen LogP) is 3.40. The third-order valence-electron chi connectivity index (χ3n) is 2.90. The topological polar surface area (TPSA) is 53.1 Å². The predicted molar refractivity (Wildman–Crippen MR) is 75.2 cm³/mol. The van der Waals surface area contributed by atoms with Gasteiger partial charge in [-0.1, -0.05) is 29.5 Å². The van der Waals surface area contributed by atoms with E-state index in [1.54, 1.807) is 12.5 Å². The number of hydrogen-bond donors (Lipinski definition) is 0. The van der Waals surface area contributed by atoms with Crippen molar-refractivity contribution in [1.82, 2.24) is 4.98 Å². The summed E-state index contributed by atoms with van der Waals surface area (Å²) in [4.78, 5) is 6.88. The van der Waals surface area contributed by atoms with Gasteiger partial charge in [-0.25, -0.2) is 4.98 Å². The number of furan rings is 1. The first-order valence-electron chi connectivity index (χ1n) is 5.80. The Hall–Kier alpha value is -2.32. The summed E-state index contributed by atoms with van der Waals surface area (Å²) in [6, 6.07) is 10.1. The third-order valence-corrected chi connectivity index (χ3v) is 3.92. The van der Waals surface area contributed by atoms with Crippen molar-refractivity contribution in [2.45, 2.75) is 6.54 Å². The molecule has 2 aromatic heterocycles. The number of benzene rings is 1. The molecule has 0 unspecified atom stereocenters. The van der Waals surface area contributed by atoms with E-state index in [1.165, 1.54) is 11.3 Å². The molecule has 0 bridgehead atoms. The number of para-hydroxylation sites is 1. The molecule has 19 heavy (non-hydrogen) atoms. The van der Waals surface area contributed by atoms with Gasteiger partial charge in [0.05, 0.1) is 12.5 Å². The lowest BCUT2D eigenvalue weighted by Gasteiger charge is -2.14. The van der Waals surface area contributed by atoms with Crippen LogP contribution in [0.25, 0.3) is 11.0 Å². The van der Waals surface area contributed by atoms with Crippen LogP contribution in [0.5, 0.6) is 0 Å². The number of rotatable bonds is 3. The summed E-state index contributed by atoms with van der Waals surface area (Å²) < 4.78 is 5.52. The molecule has 1 aromatic carbocycles. The highest BCUT2D eigenvalue weighted by atomic mass is 32.1. The van der Waals surface area contributed by atoms with Gasteiger partial charge in [0.25, 0.3) is 0 Å². The standard InChI is InChI=1S/C14H11N3OS/c1-17(14-16-7-11(6-15)19-14)8-10-9-18-13-5-3-2-4-12(10)13/h2-5,7,9H,8H2,1H3. The van der Waals surface area contributed by atoms with E-state index >= 15 is 0 Å². The second kappa shape index (κ2) is 4.75. The fourth-order valence-corrected chi connectivity index (χ4v) is 2.64. The van der Waals surface area contributed by atoms with Gasteiger partial charge in [0, 0.05) is 24.5 Å². The van der Waals surface area contributed by atoms with Crippen LogP contribution in [0, 0.1) is 11.3 Å². The Labute approximate surface area is 114 Å². The monoisotopic (exact) mass is 269 g/mol. The fourth-order valence-electron chi connectivity index (χ4n) is 1.97. The number of nitrogens with zero attached hydrogens (tertiary/aromatic N) is 3. The molecule has 3 aromatic rings. The maximum atomic E-state index is 8.82. The van der Waals surface area contributed by atoms with Gasteiger partial charge in [0.1, 0.15) is 16.5 Å². The molecule has 5 heteroatoms. The van der Waals surface area contributed by atoms with Crippen LogP contribution in [-0.2, 0) is 6.54 Å². The molecule has 0 N–H and O–H groups in total. The van der Waals surface area contributed by atoms with Crippen molar-refractivity contribution in [2.75, 3.05) is 11.9 Å². The Morgan fingerprint density at radius 2 is 2.26 bits per heavy atom. The molecule has 0 saturated carbocycles. The summed E-state index contributed by atoms with van der Waals surface area (Å²) in [7, 11) is 1.96. The largest absolute Gasteiger partial charge is 0.464 e. The van der Waals surface area contributed by atoms with E-state index in [0.717, 1.165) is 21.7 Å². The molecule has 0 aliphatic heterocycles. The van der Waals surface area contributed by atoms with Gasteiger partial charge in [0.15, 0.2) is 5.13 Å². The smallest absolute Gasteiger partial charge is 0.186 e. The van der Waals surface area contributed by atoms with Crippen molar-refractivity contribution in [1.29, 1.82) is 5.26 Å². The Kier molecular flexibility index (Phi) is 2.94. The zero-order valence-electron chi connectivity index (χ0n) is 10.3. The number of aromatic nitrogens is 1. The number of fused-ring (bicyclic) bond motifs is 1. The molecule has 0 aliphatic rings. The number of hydrogen-bond acceptors (Lipinski definition) is 5. The lowest BCUT2D eigenvalue weighted by molar-refractivity contribution is 0.609. The van der Waals surface area contributed by atoms with Crippen molar-refractivity contribution in [3.8, 4) is 6.07 Å². The van der Waals surface area contributed by atoms with Gasteiger partial charge in [-0.3, -0.25) is 0 Å². The number of anilines is 1. The average molecular weight is 269 g/mol. The van der Waals surface area contributed by atoms with Gasteiger partial charge in [-0.2, -0.15) is 5.26 Å². The molecule has 0 saturated heterocycles. The van der Waals surface area contributed by atoms with Crippen LogP contribution >= 0.6 is 11.3 Å². The number of nitriles is 1. The molecule has 0 radical (unpaired) electrons. The van der Waals surface area contributed by atoms with Crippen LogP contribution < -0.4 is 4.90 Å². The summed E-state index contributed by atoms with van der Waals surface area (Å²) in [5.41, 5.74) is 2.01. The van der Waals surface area contributed by atoms with Crippen molar-refractivity contribution in [2.24, 2.45) is 0 Å². The highest BCUT2D eigenvalue weighted by molar-refractivity contribution is 7.16. The Bertz CT molecular complexity index is 753. The number of thiazole rings is 1. The lowest BCUT2D eigenvalue weighted by Crippen LogP contribution is -2.15. The quantitative estimate of drug-likeness (QED) is 0.731. The minimum atomic E-state index is 0.624. The van der Waals surface area contributed by atoms with E-state index in [2.05, 4.69) is 11.1 Å². The van der Waals surface area contributed by atoms with Crippen molar-refractivity contribution < 1.29 is 4.42 Å². The Balaban J connectivity index is 1.86. The van der Waals surface area contributed by atoms with Crippen LogP contribution in [0.4, 0.5) is 5.13 Å². The van der Waals surface area contributed by atoms with Crippen LogP contribution in [0.15, 0.2) is 41.1 Å². The minimum Gasteiger partial charge on any atom is -0.464 e. The molecule has 4 nitrogen and oxygen atoms in total. The summed E-state index contributed by atoms with van der Waals surface area (Å²) in [6.45, 7) is 0.704. The molecule has 0 amide bonds. The summed E-state index contributed by atoms with van der Waals surface area (Å²) >= 11 is 1.39. The zero-order valence-corrected chi connectivity index (χ0v) is 11.1. The average Bonchev–Trinajstić information content (AvgIpc) is 3.06. The molecule has 0 spiro atoms. The van der Waals surface area contributed by atoms with E-state index in [9.17, 15) is 0 Å². The SMILES string of the molecule is CN(Cc1coc2ccccc12)c1ncc(C#N)s1. The van der Waals surface area contributed by atoms with Gasteiger partial charge >= 0.3 is 0 Å². The highest BCUT2D eigenvalue weighted by Crippen LogP contribution is 2.26. The second-order valence-corrected chi connectivity index (χ2v) is 5.24. The molecule has 94 valence electrons. The van der Waals surface area contributed by atoms with Crippen LogP contribution in [0.1, 0.15) is 10.4 Å². The molecule has 0 aliphatic carbocycles. The van der Waals surface area contributed by atoms with Crippen LogP contribution in [0.2, 0.25) is 0 Å². The van der Waals surface area contributed by atoms with E-state index in [1.807, 2.05) is 36.2 Å². The third kappa shape index (κ3) is 2.18. The van der Waals surface area contributed by atoms with Crippen molar-refractivity contribution in [3.63, 3.8) is 0 Å².